The molecule has 3 N–H and O–H groups in total. The van der Waals surface area contributed by atoms with Crippen molar-refractivity contribution >= 4 is 17.6 Å². The Bertz CT molecular complexity index is 869. The maximum absolute atomic E-state index is 12.2. The Morgan fingerprint density at radius 1 is 1.18 bits per heavy atom. The van der Waals surface area contributed by atoms with Crippen LogP contribution < -0.4 is 5.32 Å². The fourth-order valence-electron chi connectivity index (χ4n) is 7.69. The van der Waals surface area contributed by atoms with Crippen molar-refractivity contribution in [3.8, 4) is 0 Å². The molecule has 7 heteroatoms. The first-order chi connectivity index (χ1) is 16.1. The van der Waals surface area contributed by atoms with Gasteiger partial charge < -0.3 is 20.4 Å². The number of fused-ring (bicyclic) bond motifs is 5. The van der Waals surface area contributed by atoms with Crippen LogP contribution >= 0.6 is 0 Å². The summed E-state index contributed by atoms with van der Waals surface area (Å²) < 4.78 is 0. The number of aliphatic carboxylic acids is 1. The van der Waals surface area contributed by atoms with Crippen molar-refractivity contribution in [1.82, 2.24) is 5.32 Å². The van der Waals surface area contributed by atoms with Gasteiger partial charge in [0.15, 0.2) is 6.61 Å². The van der Waals surface area contributed by atoms with Gasteiger partial charge >= 0.3 is 5.97 Å². The van der Waals surface area contributed by atoms with Gasteiger partial charge in [-0.3, -0.25) is 4.79 Å². The molecule has 0 aromatic carbocycles. The molecule has 0 radical (unpaired) electrons. The number of carboxylic acids is 1. The summed E-state index contributed by atoms with van der Waals surface area (Å²) in [5.41, 5.74) is 2.60. The van der Waals surface area contributed by atoms with Gasteiger partial charge in [-0.25, -0.2) is 4.79 Å². The Balaban J connectivity index is 1.38. The van der Waals surface area contributed by atoms with Crippen LogP contribution in [0.2, 0.25) is 0 Å². The molecule has 0 aromatic heterocycles. The van der Waals surface area contributed by atoms with Crippen LogP contribution in [-0.2, 0) is 14.4 Å². The quantitative estimate of drug-likeness (QED) is 0.477. The predicted molar refractivity (Wildman–Crippen MR) is 130 cm³/mol. The second-order valence-electron chi connectivity index (χ2n) is 11.8. The van der Waals surface area contributed by atoms with Crippen LogP contribution in [0.25, 0.3) is 0 Å². The van der Waals surface area contributed by atoms with Crippen LogP contribution in [0, 0.1) is 34.5 Å². The van der Waals surface area contributed by atoms with Gasteiger partial charge in [0, 0.05) is 0 Å². The third-order valence-corrected chi connectivity index (χ3v) is 10.1. The number of aliphatic hydroxyl groups is 1. The molecular weight excluding hydrogens is 432 g/mol. The Morgan fingerprint density at radius 2 is 1.94 bits per heavy atom. The number of nitrogens with zero attached hydrogens (tertiary/aromatic N) is 1. The smallest absolute Gasteiger partial charge is 0.326 e. The Hall–Kier alpha value is -1.89. The number of rotatable bonds is 7. The summed E-state index contributed by atoms with van der Waals surface area (Å²) in [5, 5.41) is 26.8. The Morgan fingerprint density at radius 3 is 2.65 bits per heavy atom. The van der Waals surface area contributed by atoms with E-state index in [0.717, 1.165) is 44.2 Å². The molecule has 6 unspecified atom stereocenters. The van der Waals surface area contributed by atoms with Crippen molar-refractivity contribution in [3.63, 3.8) is 0 Å². The zero-order chi connectivity index (χ0) is 24.7. The third kappa shape index (κ3) is 4.40. The van der Waals surface area contributed by atoms with Gasteiger partial charge in [0.05, 0.1) is 11.8 Å². The van der Waals surface area contributed by atoms with Crippen LogP contribution in [0.5, 0.6) is 0 Å². The largest absolute Gasteiger partial charge is 0.480 e. The zero-order valence-electron chi connectivity index (χ0n) is 21.2. The van der Waals surface area contributed by atoms with Gasteiger partial charge in [-0.1, -0.05) is 44.8 Å². The summed E-state index contributed by atoms with van der Waals surface area (Å²) in [4.78, 5) is 28.9. The van der Waals surface area contributed by atoms with Crippen LogP contribution in [0.3, 0.4) is 0 Å². The van der Waals surface area contributed by atoms with E-state index >= 15 is 0 Å². The van der Waals surface area contributed by atoms with E-state index < -0.39 is 17.9 Å². The fraction of sp³-hybridized carbons (Fsp3) is 0.815. The summed E-state index contributed by atoms with van der Waals surface area (Å²) in [6, 6.07) is -0.917. The molecule has 3 fully saturated rings. The minimum absolute atomic E-state index is 0.100. The molecule has 7 nitrogen and oxygen atoms in total. The van der Waals surface area contributed by atoms with Crippen LogP contribution in [-0.4, -0.2) is 46.6 Å². The summed E-state index contributed by atoms with van der Waals surface area (Å²) in [6.07, 6.45) is 11.2. The highest BCUT2D eigenvalue weighted by atomic mass is 16.6. The number of hydrogen-bond acceptors (Lipinski definition) is 5. The van der Waals surface area contributed by atoms with E-state index in [-0.39, 0.29) is 29.5 Å². The average Bonchev–Trinajstić information content (AvgIpc) is 3.11. The number of oxime groups is 1. The van der Waals surface area contributed by atoms with Gasteiger partial charge in [0.1, 0.15) is 6.04 Å². The van der Waals surface area contributed by atoms with E-state index in [4.69, 9.17) is 4.84 Å². The SMILES string of the molecule is CCC(C)C(NC(=O)CO/N=C1/C=C2CCC3C4CCC(O)[C@@]4(C)CCC3[C@@]2(C)CC1)C(=O)O. The third-order valence-electron chi connectivity index (χ3n) is 10.1. The fourth-order valence-corrected chi connectivity index (χ4v) is 7.69. The lowest BCUT2D eigenvalue weighted by Gasteiger charge is -2.57. The number of carboxylic acid groups (broad SMARTS) is 1. The molecular formula is C27H42N2O5. The highest BCUT2D eigenvalue weighted by molar-refractivity contribution is 5.96. The first-order valence-electron chi connectivity index (χ1n) is 13.2. The van der Waals surface area contributed by atoms with Gasteiger partial charge in [0.25, 0.3) is 5.91 Å². The highest BCUT2D eigenvalue weighted by Gasteiger charge is 2.58. The Kier molecular flexibility index (Phi) is 7.14. The number of allylic oxidation sites excluding steroid dienone is 2. The van der Waals surface area contributed by atoms with Crippen molar-refractivity contribution < 1.29 is 24.6 Å². The van der Waals surface area contributed by atoms with Crippen molar-refractivity contribution in [3.05, 3.63) is 11.6 Å². The molecule has 0 bridgehead atoms. The molecule has 0 aromatic rings. The topological polar surface area (TPSA) is 108 Å². The molecule has 4 aliphatic rings. The molecule has 0 saturated heterocycles. The molecule has 0 heterocycles. The first kappa shape index (κ1) is 25.2. The maximum Gasteiger partial charge on any atom is 0.326 e. The molecule has 8 atom stereocenters. The number of carbonyl (C=O) groups excluding carboxylic acids is 1. The lowest BCUT2D eigenvalue weighted by atomic mass is 9.47. The van der Waals surface area contributed by atoms with E-state index in [0.29, 0.717) is 24.2 Å². The molecule has 1 amide bonds. The molecule has 3 saturated carbocycles. The molecule has 34 heavy (non-hydrogen) atoms. The molecule has 0 spiro atoms. The normalized spacial score (nSPS) is 39.8. The maximum atomic E-state index is 12.2. The molecule has 0 aliphatic heterocycles. The van der Waals surface area contributed by atoms with E-state index in [2.05, 4.69) is 30.4 Å². The van der Waals surface area contributed by atoms with Gasteiger partial charge in [-0.05, 0) is 91.9 Å². The average molecular weight is 475 g/mol. The molecule has 190 valence electrons. The van der Waals surface area contributed by atoms with Crippen molar-refractivity contribution in [2.75, 3.05) is 6.61 Å². The van der Waals surface area contributed by atoms with E-state index in [1.54, 1.807) is 0 Å². The van der Waals surface area contributed by atoms with Crippen molar-refractivity contribution in [1.29, 1.82) is 0 Å². The number of hydrogen-bond donors (Lipinski definition) is 3. The first-order valence-corrected chi connectivity index (χ1v) is 13.2. The van der Waals surface area contributed by atoms with Gasteiger partial charge in [-0.15, -0.1) is 0 Å². The van der Waals surface area contributed by atoms with Gasteiger partial charge in [-0.2, -0.15) is 0 Å². The lowest BCUT2D eigenvalue weighted by Crippen LogP contribution is -2.51. The van der Waals surface area contributed by atoms with Crippen LogP contribution in [0.1, 0.15) is 85.5 Å². The summed E-state index contributed by atoms with van der Waals surface area (Å²) in [5.74, 6) is 0.350. The summed E-state index contributed by atoms with van der Waals surface area (Å²) in [7, 11) is 0. The zero-order valence-corrected chi connectivity index (χ0v) is 21.2. The number of aliphatic hydroxyl groups excluding tert-OH is 1. The monoisotopic (exact) mass is 474 g/mol. The van der Waals surface area contributed by atoms with E-state index in [1.165, 1.54) is 18.4 Å². The van der Waals surface area contributed by atoms with Crippen LogP contribution in [0.15, 0.2) is 16.8 Å². The van der Waals surface area contributed by atoms with Crippen molar-refractivity contribution in [2.24, 2.45) is 39.7 Å². The number of nitrogens with one attached hydrogen (secondary N) is 1. The van der Waals surface area contributed by atoms with Crippen molar-refractivity contribution in [2.45, 2.75) is 97.6 Å². The predicted octanol–water partition coefficient (Wildman–Crippen LogP) is 4.30. The van der Waals surface area contributed by atoms with E-state index in [9.17, 15) is 19.8 Å². The number of carbonyl (C=O) groups is 2. The standard InChI is InChI=1S/C27H42N2O5/c1-5-16(2)24(25(32)33)28-23(31)15-34-29-18-10-12-26(3)17(14-18)6-7-19-20-8-9-22(30)27(20,4)13-11-21(19)26/h14,16,19-22,24,30H,5-13,15H2,1-4H3,(H,28,31)(H,32,33)/b29-18+/t16?,19?,20?,21?,22?,24?,26-,27-/m0/s1. The Labute approximate surface area is 203 Å². The number of amides is 1. The minimum Gasteiger partial charge on any atom is -0.480 e. The summed E-state index contributed by atoms with van der Waals surface area (Å²) >= 11 is 0. The van der Waals surface area contributed by atoms with Gasteiger partial charge in [0.2, 0.25) is 0 Å². The minimum atomic E-state index is -1.03. The second kappa shape index (κ2) is 9.63. The summed E-state index contributed by atoms with van der Waals surface area (Å²) in [6.45, 7) is 8.17. The second-order valence-corrected chi connectivity index (χ2v) is 11.8. The van der Waals surface area contributed by atoms with Crippen LogP contribution in [0.4, 0.5) is 0 Å². The molecule has 4 aliphatic carbocycles. The molecule has 4 rings (SSSR count). The highest BCUT2D eigenvalue weighted by Crippen LogP contribution is 2.65. The van der Waals surface area contributed by atoms with E-state index in [1.807, 2.05) is 13.8 Å². The lowest BCUT2D eigenvalue weighted by molar-refractivity contribution is -0.144.